The van der Waals surface area contributed by atoms with Crippen molar-refractivity contribution < 1.29 is 22.8 Å². The molecule has 0 spiro atoms. The van der Waals surface area contributed by atoms with E-state index in [1.165, 1.54) is 0 Å². The highest BCUT2D eigenvalue weighted by Gasteiger charge is 2.53. The van der Waals surface area contributed by atoms with Crippen LogP contribution in [0.4, 0.5) is 13.2 Å². The molecule has 25 heavy (non-hydrogen) atoms. The molecule has 0 aliphatic carbocycles. The first-order valence-corrected chi connectivity index (χ1v) is 8.42. The Morgan fingerprint density at radius 2 is 1.96 bits per heavy atom. The first-order chi connectivity index (χ1) is 11.4. The van der Waals surface area contributed by atoms with Gasteiger partial charge in [0.2, 0.25) is 11.8 Å². The molecule has 2 rings (SSSR count). The number of likely N-dealkylation sites (tertiary alicyclic amines) is 1. The molecule has 2 unspecified atom stereocenters. The highest BCUT2D eigenvalue weighted by molar-refractivity contribution is 5.95. The molecule has 1 fully saturated rings. The average Bonchev–Trinajstić information content (AvgIpc) is 3.14. The number of halogens is 3. The van der Waals surface area contributed by atoms with E-state index in [2.05, 4.69) is 15.8 Å². The Morgan fingerprint density at radius 1 is 1.32 bits per heavy atom. The molecule has 0 aromatic rings. The van der Waals surface area contributed by atoms with E-state index in [4.69, 9.17) is 0 Å². The van der Waals surface area contributed by atoms with E-state index in [-0.39, 0.29) is 18.4 Å². The van der Waals surface area contributed by atoms with Gasteiger partial charge in [0, 0.05) is 31.3 Å². The lowest BCUT2D eigenvalue weighted by Crippen LogP contribution is -2.51. The molecule has 2 atom stereocenters. The van der Waals surface area contributed by atoms with Crippen LogP contribution in [-0.4, -0.2) is 53.8 Å². The van der Waals surface area contributed by atoms with Crippen LogP contribution >= 0.6 is 0 Å². The van der Waals surface area contributed by atoms with Crippen LogP contribution in [0.15, 0.2) is 5.10 Å². The normalized spacial score (nSPS) is 24.3. The van der Waals surface area contributed by atoms with Gasteiger partial charge in [-0.25, -0.2) is 0 Å². The monoisotopic (exact) mass is 362 g/mol. The lowest BCUT2D eigenvalue weighted by molar-refractivity contribution is -0.211. The molecule has 0 aromatic heterocycles. The number of hydrogen-bond donors (Lipinski definition) is 2. The van der Waals surface area contributed by atoms with Crippen LogP contribution in [0.5, 0.6) is 0 Å². The Morgan fingerprint density at radius 3 is 2.48 bits per heavy atom. The van der Waals surface area contributed by atoms with Crippen molar-refractivity contribution >= 4 is 17.5 Å². The van der Waals surface area contributed by atoms with Crippen LogP contribution in [-0.2, 0) is 9.59 Å². The van der Waals surface area contributed by atoms with Crippen LogP contribution in [0, 0.1) is 11.3 Å². The van der Waals surface area contributed by atoms with Gasteiger partial charge in [0.25, 0.3) is 0 Å². The zero-order valence-corrected chi connectivity index (χ0v) is 14.9. The summed E-state index contributed by atoms with van der Waals surface area (Å²) in [4.78, 5) is 26.0. The van der Waals surface area contributed by atoms with Gasteiger partial charge in [-0.2, -0.15) is 18.3 Å². The Kier molecular flexibility index (Phi) is 5.34. The average molecular weight is 362 g/mol. The highest BCUT2D eigenvalue weighted by Crippen LogP contribution is 2.37. The standard InChI is InChI=1S/C16H25F3N4O2/c1-9(2)11-7-12(22-21-11)13(24)23-6-5-10(8-23)20-14(25)15(3,4)16(17,18)19/h9-10,12,22H,5-8H2,1-4H3,(H,20,25). The Labute approximate surface area is 145 Å². The van der Waals surface area contributed by atoms with E-state index in [1.807, 2.05) is 13.8 Å². The summed E-state index contributed by atoms with van der Waals surface area (Å²) in [5.41, 5.74) is 1.29. The molecule has 2 amide bonds. The minimum Gasteiger partial charge on any atom is -0.351 e. The fourth-order valence-electron chi connectivity index (χ4n) is 2.76. The van der Waals surface area contributed by atoms with Gasteiger partial charge in [-0.1, -0.05) is 13.8 Å². The number of alkyl halides is 3. The maximum absolute atomic E-state index is 12.9. The summed E-state index contributed by atoms with van der Waals surface area (Å²) in [5, 5.41) is 6.59. The molecule has 0 saturated carbocycles. The number of carbonyl (C=O) groups is 2. The van der Waals surface area contributed by atoms with E-state index in [1.54, 1.807) is 4.90 Å². The summed E-state index contributed by atoms with van der Waals surface area (Å²) in [5.74, 6) is -0.949. The summed E-state index contributed by atoms with van der Waals surface area (Å²) in [7, 11) is 0. The number of nitrogens with zero attached hydrogens (tertiary/aromatic N) is 2. The second-order valence-corrected chi connectivity index (χ2v) is 7.51. The van der Waals surface area contributed by atoms with Gasteiger partial charge in [-0.15, -0.1) is 0 Å². The van der Waals surface area contributed by atoms with Crippen LogP contribution in [0.25, 0.3) is 0 Å². The molecule has 2 N–H and O–H groups in total. The van der Waals surface area contributed by atoms with Gasteiger partial charge in [-0.05, 0) is 26.2 Å². The highest BCUT2D eigenvalue weighted by atomic mass is 19.4. The van der Waals surface area contributed by atoms with Crippen molar-refractivity contribution in [1.29, 1.82) is 0 Å². The van der Waals surface area contributed by atoms with Crippen molar-refractivity contribution in [2.24, 2.45) is 16.4 Å². The summed E-state index contributed by atoms with van der Waals surface area (Å²) in [6.07, 6.45) is -3.65. The molecule has 9 heteroatoms. The molecule has 2 heterocycles. The zero-order chi connectivity index (χ0) is 19.0. The van der Waals surface area contributed by atoms with Crippen molar-refractivity contribution in [3.05, 3.63) is 0 Å². The number of nitrogens with one attached hydrogen (secondary N) is 2. The number of carbonyl (C=O) groups excluding carboxylic acids is 2. The van der Waals surface area contributed by atoms with E-state index >= 15 is 0 Å². The van der Waals surface area contributed by atoms with Crippen LogP contribution in [0.2, 0.25) is 0 Å². The summed E-state index contributed by atoms with van der Waals surface area (Å²) in [6.45, 7) is 6.33. The maximum atomic E-state index is 12.9. The largest absolute Gasteiger partial charge is 0.402 e. The molecule has 6 nitrogen and oxygen atoms in total. The zero-order valence-electron chi connectivity index (χ0n) is 14.9. The van der Waals surface area contributed by atoms with Gasteiger partial charge in [0.15, 0.2) is 0 Å². The van der Waals surface area contributed by atoms with E-state index < -0.39 is 29.6 Å². The quantitative estimate of drug-likeness (QED) is 0.799. The number of hydrazone groups is 1. The van der Waals surface area contributed by atoms with Crippen molar-refractivity contribution in [3.8, 4) is 0 Å². The molecule has 0 bridgehead atoms. The molecule has 142 valence electrons. The summed E-state index contributed by atoms with van der Waals surface area (Å²) < 4.78 is 38.8. The van der Waals surface area contributed by atoms with Gasteiger partial charge in [-0.3, -0.25) is 15.0 Å². The van der Waals surface area contributed by atoms with Crippen LogP contribution in [0.3, 0.4) is 0 Å². The summed E-state index contributed by atoms with van der Waals surface area (Å²) >= 11 is 0. The van der Waals surface area contributed by atoms with E-state index in [9.17, 15) is 22.8 Å². The first-order valence-electron chi connectivity index (χ1n) is 8.42. The number of rotatable bonds is 4. The van der Waals surface area contributed by atoms with Crippen molar-refractivity contribution in [2.75, 3.05) is 13.1 Å². The lowest BCUT2D eigenvalue weighted by atomic mass is 9.91. The molecule has 1 saturated heterocycles. The van der Waals surface area contributed by atoms with Crippen molar-refractivity contribution in [2.45, 2.75) is 58.8 Å². The smallest absolute Gasteiger partial charge is 0.351 e. The maximum Gasteiger partial charge on any atom is 0.402 e. The van der Waals surface area contributed by atoms with Gasteiger partial charge in [0.05, 0.1) is 0 Å². The molecular formula is C16H25F3N4O2. The fraction of sp³-hybridized carbons (Fsp3) is 0.812. The number of amides is 2. The molecule has 2 aliphatic rings. The van der Waals surface area contributed by atoms with Gasteiger partial charge < -0.3 is 10.2 Å². The topological polar surface area (TPSA) is 73.8 Å². The van der Waals surface area contributed by atoms with Gasteiger partial charge in [0.1, 0.15) is 11.5 Å². The second kappa shape index (κ2) is 6.84. The third-order valence-electron chi connectivity index (χ3n) is 4.85. The van der Waals surface area contributed by atoms with Crippen LogP contribution in [0.1, 0.15) is 40.5 Å². The second-order valence-electron chi connectivity index (χ2n) is 7.51. The Bertz CT molecular complexity index is 572. The fourth-order valence-corrected chi connectivity index (χ4v) is 2.76. The third kappa shape index (κ3) is 4.07. The molecule has 0 radical (unpaired) electrons. The van der Waals surface area contributed by atoms with Crippen molar-refractivity contribution in [3.63, 3.8) is 0 Å². The summed E-state index contributed by atoms with van der Waals surface area (Å²) in [6, 6.07) is -0.900. The van der Waals surface area contributed by atoms with Crippen LogP contribution < -0.4 is 10.7 Å². The predicted octanol–water partition coefficient (Wildman–Crippen LogP) is 1.67. The Hall–Kier alpha value is -1.80. The Balaban J connectivity index is 1.88. The molecular weight excluding hydrogens is 337 g/mol. The number of hydrogen-bond acceptors (Lipinski definition) is 4. The minimum atomic E-state index is -4.62. The minimum absolute atomic E-state index is 0.133. The van der Waals surface area contributed by atoms with Crippen molar-refractivity contribution in [1.82, 2.24) is 15.6 Å². The predicted molar refractivity (Wildman–Crippen MR) is 86.8 cm³/mol. The first kappa shape index (κ1) is 19.5. The van der Waals surface area contributed by atoms with Gasteiger partial charge >= 0.3 is 6.18 Å². The van der Waals surface area contributed by atoms with E-state index in [0.717, 1.165) is 19.6 Å². The molecule has 2 aliphatic heterocycles. The third-order valence-corrected chi connectivity index (χ3v) is 4.85. The molecule has 0 aromatic carbocycles. The van der Waals surface area contributed by atoms with E-state index in [0.29, 0.717) is 19.4 Å². The lowest BCUT2D eigenvalue weighted by Gasteiger charge is -2.28. The SMILES string of the molecule is CC(C)C1=NNC(C(=O)N2CCC(NC(=O)C(C)(C)C(F)(F)F)C2)C1.